The third-order valence-electron chi connectivity index (χ3n) is 3.13. The summed E-state index contributed by atoms with van der Waals surface area (Å²) in [5, 5.41) is 11.3. The zero-order chi connectivity index (χ0) is 18.4. The van der Waals surface area contributed by atoms with Gasteiger partial charge in [-0.3, -0.25) is 9.59 Å². The lowest BCUT2D eigenvalue weighted by Gasteiger charge is -2.13. The number of benzene rings is 1. The molecule has 1 heterocycles. The number of amides is 1. The van der Waals surface area contributed by atoms with Crippen molar-refractivity contribution in [3.8, 4) is 23.5 Å². The summed E-state index contributed by atoms with van der Waals surface area (Å²) in [7, 11) is 2.86. The first kappa shape index (κ1) is 18.0. The summed E-state index contributed by atoms with van der Waals surface area (Å²) in [5.74, 6) is -1.13. The van der Waals surface area contributed by atoms with Crippen molar-refractivity contribution in [3.63, 3.8) is 0 Å². The summed E-state index contributed by atoms with van der Waals surface area (Å²) in [5.41, 5.74) is 0.140. The molecule has 1 aromatic carbocycles. The van der Waals surface area contributed by atoms with Gasteiger partial charge in [0.1, 0.15) is 11.8 Å². The number of rotatable bonds is 7. The Balaban J connectivity index is 2.29. The maximum Gasteiger partial charge on any atom is 0.328 e. The molecule has 25 heavy (non-hydrogen) atoms. The smallest absolute Gasteiger partial charge is 0.328 e. The van der Waals surface area contributed by atoms with E-state index >= 15 is 0 Å². The Morgan fingerprint density at radius 1 is 1.12 bits per heavy atom. The molecular weight excluding hydrogens is 330 g/mol. The van der Waals surface area contributed by atoms with Crippen LogP contribution in [0.5, 0.6) is 23.5 Å². The number of aromatic nitrogens is 2. The van der Waals surface area contributed by atoms with E-state index in [9.17, 15) is 9.59 Å². The molecule has 1 amide bonds. The van der Waals surface area contributed by atoms with Crippen molar-refractivity contribution < 1.29 is 28.9 Å². The quantitative estimate of drug-likeness (QED) is 0.773. The van der Waals surface area contributed by atoms with Crippen LogP contribution in [-0.2, 0) is 4.79 Å². The van der Waals surface area contributed by atoms with Crippen molar-refractivity contribution in [1.82, 2.24) is 15.3 Å². The normalized spacial score (nSPS) is 11.3. The van der Waals surface area contributed by atoms with Gasteiger partial charge in [-0.1, -0.05) is 12.1 Å². The van der Waals surface area contributed by atoms with Gasteiger partial charge in [0.25, 0.3) is 5.91 Å². The first-order valence-electron chi connectivity index (χ1n) is 7.22. The van der Waals surface area contributed by atoms with E-state index in [0.29, 0.717) is 0 Å². The first-order chi connectivity index (χ1) is 11.9. The number of carboxylic acid groups (broad SMARTS) is 1. The number of nitrogens with zero attached hydrogens (tertiary/aromatic N) is 2. The highest BCUT2D eigenvalue weighted by atomic mass is 16.5. The van der Waals surface area contributed by atoms with Crippen LogP contribution < -0.4 is 19.5 Å². The van der Waals surface area contributed by atoms with Gasteiger partial charge in [0, 0.05) is 0 Å². The minimum atomic E-state index is -1.15. The molecule has 0 saturated carbocycles. The number of para-hydroxylation sites is 1. The van der Waals surface area contributed by atoms with Crippen molar-refractivity contribution in [2.75, 3.05) is 14.2 Å². The van der Waals surface area contributed by atoms with Crippen LogP contribution in [0.25, 0.3) is 0 Å². The Kier molecular flexibility index (Phi) is 5.72. The molecule has 1 atom stereocenters. The second kappa shape index (κ2) is 7.95. The zero-order valence-electron chi connectivity index (χ0n) is 13.8. The highest BCUT2D eigenvalue weighted by Gasteiger charge is 2.19. The maximum absolute atomic E-state index is 12.3. The second-order valence-electron chi connectivity index (χ2n) is 4.87. The molecule has 0 saturated heterocycles. The molecule has 0 spiro atoms. The highest BCUT2D eigenvalue weighted by molar-refractivity contribution is 5.98. The van der Waals surface area contributed by atoms with Crippen molar-refractivity contribution in [2.24, 2.45) is 0 Å². The van der Waals surface area contributed by atoms with Crippen LogP contribution in [-0.4, -0.2) is 47.2 Å². The third-order valence-corrected chi connectivity index (χ3v) is 3.13. The summed E-state index contributed by atoms with van der Waals surface area (Å²) in [6.07, 6.45) is 0. The summed E-state index contributed by atoms with van der Waals surface area (Å²) in [6.45, 7) is 1.36. The van der Waals surface area contributed by atoms with Crippen molar-refractivity contribution >= 4 is 11.9 Å². The van der Waals surface area contributed by atoms with Crippen LogP contribution in [0, 0.1) is 0 Å². The van der Waals surface area contributed by atoms with Gasteiger partial charge < -0.3 is 24.6 Å². The number of hydrogen-bond donors (Lipinski definition) is 2. The van der Waals surface area contributed by atoms with Crippen LogP contribution in [0.4, 0.5) is 0 Å². The Bertz CT molecular complexity index is 758. The van der Waals surface area contributed by atoms with E-state index in [4.69, 9.17) is 19.3 Å². The van der Waals surface area contributed by atoms with E-state index in [1.165, 1.54) is 39.3 Å². The molecule has 2 aromatic rings. The van der Waals surface area contributed by atoms with E-state index in [1.54, 1.807) is 12.1 Å². The predicted octanol–water partition coefficient (Wildman–Crippen LogP) is 1.49. The van der Waals surface area contributed by atoms with Crippen LogP contribution in [0.3, 0.4) is 0 Å². The van der Waals surface area contributed by atoms with E-state index in [1.807, 2.05) is 0 Å². The Labute approximate surface area is 143 Å². The summed E-state index contributed by atoms with van der Waals surface area (Å²) in [4.78, 5) is 31.2. The molecular formula is C16H17N3O6. The molecule has 0 fully saturated rings. The number of ether oxygens (including phenoxy) is 3. The fourth-order valence-corrected chi connectivity index (χ4v) is 1.82. The van der Waals surface area contributed by atoms with Gasteiger partial charge in [0.15, 0.2) is 0 Å². The maximum atomic E-state index is 12.3. The number of methoxy groups -OCH3 is 2. The molecule has 1 aromatic heterocycles. The summed E-state index contributed by atoms with van der Waals surface area (Å²) < 4.78 is 15.6. The first-order valence-corrected chi connectivity index (χ1v) is 7.22. The molecule has 0 radical (unpaired) electrons. The topological polar surface area (TPSA) is 120 Å². The van der Waals surface area contributed by atoms with Gasteiger partial charge in [0.2, 0.25) is 11.8 Å². The SMILES string of the molecule is COc1cc(OC)nc(Oc2ccccc2C(=O)N[C@@H](C)C(=O)O)n1. The molecule has 132 valence electrons. The fraction of sp³-hybridized carbons (Fsp3) is 0.250. The molecule has 0 bridgehead atoms. The van der Waals surface area contributed by atoms with Gasteiger partial charge in [-0.25, -0.2) is 0 Å². The molecule has 0 unspecified atom stereocenters. The number of carboxylic acids is 1. The lowest BCUT2D eigenvalue weighted by atomic mass is 10.1. The second-order valence-corrected chi connectivity index (χ2v) is 4.87. The average Bonchev–Trinajstić information content (AvgIpc) is 2.61. The van der Waals surface area contributed by atoms with Crippen molar-refractivity contribution in [3.05, 3.63) is 35.9 Å². The van der Waals surface area contributed by atoms with Gasteiger partial charge >= 0.3 is 12.0 Å². The van der Waals surface area contributed by atoms with Crippen molar-refractivity contribution in [1.29, 1.82) is 0 Å². The van der Waals surface area contributed by atoms with E-state index in [-0.39, 0.29) is 29.1 Å². The number of hydrogen-bond acceptors (Lipinski definition) is 7. The fourth-order valence-electron chi connectivity index (χ4n) is 1.82. The minimum absolute atomic E-state index is 0.0808. The van der Waals surface area contributed by atoms with Gasteiger partial charge in [-0.05, 0) is 19.1 Å². The minimum Gasteiger partial charge on any atom is -0.481 e. The van der Waals surface area contributed by atoms with Crippen molar-refractivity contribution in [2.45, 2.75) is 13.0 Å². The number of aliphatic carboxylic acids is 1. The molecule has 2 N–H and O–H groups in total. The van der Waals surface area contributed by atoms with Gasteiger partial charge in [-0.2, -0.15) is 9.97 Å². The standard InChI is InChI=1S/C16H17N3O6/c1-9(15(21)22)17-14(20)10-6-4-5-7-11(10)25-16-18-12(23-2)8-13(19-16)24-3/h4-9H,1-3H3,(H,17,20)(H,21,22)/t9-/m0/s1. The average molecular weight is 347 g/mol. The van der Waals surface area contributed by atoms with Crippen LogP contribution in [0.2, 0.25) is 0 Å². The monoisotopic (exact) mass is 347 g/mol. The third kappa shape index (κ3) is 4.56. The Morgan fingerprint density at radius 2 is 1.72 bits per heavy atom. The molecule has 0 aliphatic heterocycles. The molecule has 0 aliphatic carbocycles. The zero-order valence-corrected chi connectivity index (χ0v) is 13.8. The predicted molar refractivity (Wildman–Crippen MR) is 86.2 cm³/mol. The lowest BCUT2D eigenvalue weighted by molar-refractivity contribution is -0.138. The highest BCUT2D eigenvalue weighted by Crippen LogP contribution is 2.26. The number of nitrogens with one attached hydrogen (secondary N) is 1. The van der Waals surface area contributed by atoms with E-state index in [2.05, 4.69) is 15.3 Å². The number of carbonyl (C=O) groups is 2. The van der Waals surface area contributed by atoms with Gasteiger partial charge in [0.05, 0.1) is 25.8 Å². The van der Waals surface area contributed by atoms with E-state index < -0.39 is 17.9 Å². The Morgan fingerprint density at radius 3 is 2.28 bits per heavy atom. The molecule has 0 aliphatic rings. The summed E-state index contributed by atoms with van der Waals surface area (Å²) >= 11 is 0. The molecule has 9 nitrogen and oxygen atoms in total. The molecule has 9 heteroatoms. The van der Waals surface area contributed by atoms with Gasteiger partial charge in [-0.15, -0.1) is 0 Å². The molecule has 2 rings (SSSR count). The van der Waals surface area contributed by atoms with E-state index in [0.717, 1.165) is 0 Å². The largest absolute Gasteiger partial charge is 0.481 e. The van der Waals surface area contributed by atoms with Crippen LogP contribution in [0.1, 0.15) is 17.3 Å². The Hall–Kier alpha value is -3.36. The summed E-state index contributed by atoms with van der Waals surface area (Å²) in [6, 6.07) is 6.66. The van der Waals surface area contributed by atoms with Crippen LogP contribution >= 0.6 is 0 Å². The number of carbonyl (C=O) groups excluding carboxylic acids is 1. The lowest BCUT2D eigenvalue weighted by Crippen LogP contribution is -2.38. The van der Waals surface area contributed by atoms with Crippen LogP contribution in [0.15, 0.2) is 30.3 Å².